The van der Waals surface area contributed by atoms with Crippen LogP contribution in [0.1, 0.15) is 24.6 Å². The third kappa shape index (κ3) is 4.43. The van der Waals surface area contributed by atoms with Crippen LogP contribution < -0.4 is 5.32 Å². The van der Waals surface area contributed by atoms with E-state index in [-0.39, 0.29) is 5.91 Å². The molecule has 1 fully saturated rings. The van der Waals surface area contributed by atoms with Crippen molar-refractivity contribution in [2.24, 2.45) is 0 Å². The van der Waals surface area contributed by atoms with E-state index in [4.69, 9.17) is 5.11 Å². The molecule has 1 aromatic heterocycles. The normalized spacial score (nSPS) is 15.9. The Hall–Kier alpha value is -1.73. The van der Waals surface area contributed by atoms with Crippen molar-refractivity contribution in [2.75, 3.05) is 18.4 Å². The number of thiazole rings is 1. The number of amides is 1. The van der Waals surface area contributed by atoms with Gasteiger partial charge in [-0.2, -0.15) is 0 Å². The first-order valence-corrected chi connectivity index (χ1v) is 7.21. The summed E-state index contributed by atoms with van der Waals surface area (Å²) in [7, 11) is 0. The van der Waals surface area contributed by atoms with Gasteiger partial charge in [0.1, 0.15) is 0 Å². The van der Waals surface area contributed by atoms with Crippen LogP contribution in [-0.4, -0.2) is 40.0 Å². The molecule has 0 aliphatic carbocycles. The monoisotopic (exact) mass is 295 g/mol. The number of nitrogens with zero attached hydrogens (tertiary/aromatic N) is 2. The summed E-state index contributed by atoms with van der Waals surface area (Å²) in [4.78, 5) is 29.0. The highest BCUT2D eigenvalue weighted by atomic mass is 32.1. The van der Waals surface area contributed by atoms with E-state index in [0.29, 0.717) is 5.13 Å². The van der Waals surface area contributed by atoms with Crippen LogP contribution in [0.15, 0.2) is 17.8 Å². The molecule has 2 heterocycles. The molecule has 6 nitrogen and oxygen atoms in total. The van der Waals surface area contributed by atoms with Gasteiger partial charge < -0.3 is 10.4 Å². The summed E-state index contributed by atoms with van der Waals surface area (Å²) < 4.78 is 0. The summed E-state index contributed by atoms with van der Waals surface area (Å²) in [5, 5.41) is 12.0. The van der Waals surface area contributed by atoms with Crippen molar-refractivity contribution in [3.63, 3.8) is 0 Å². The van der Waals surface area contributed by atoms with E-state index in [0.717, 1.165) is 42.9 Å². The van der Waals surface area contributed by atoms with Gasteiger partial charge in [-0.25, -0.2) is 9.78 Å². The number of carboxylic acids is 1. The fourth-order valence-corrected chi connectivity index (χ4v) is 3.03. The summed E-state index contributed by atoms with van der Waals surface area (Å²) in [6.45, 7) is 3.96. The molecular weight excluding hydrogens is 278 g/mol. The molecule has 0 atom stereocenters. The lowest BCUT2D eigenvalue weighted by atomic mass is 10.0. The standard InChI is InChI=1S/C13H17N3O3S/c1-9(17)15-13-14-7-11(20-13)8-16-4-2-10(3-5-16)6-12(18)19/h6-7H,2-5,8H2,1H3,(H,18,19)(H,14,15,17). The van der Waals surface area contributed by atoms with Crippen molar-refractivity contribution in [3.8, 4) is 0 Å². The van der Waals surface area contributed by atoms with E-state index in [1.165, 1.54) is 24.3 Å². The molecular formula is C13H17N3O3S. The Labute approximate surface area is 121 Å². The van der Waals surface area contributed by atoms with E-state index >= 15 is 0 Å². The number of carbonyl (C=O) groups excluding carboxylic acids is 1. The topological polar surface area (TPSA) is 82.5 Å². The fourth-order valence-electron chi connectivity index (χ4n) is 2.13. The Morgan fingerprint density at radius 1 is 1.50 bits per heavy atom. The lowest BCUT2D eigenvalue weighted by Crippen LogP contribution is -2.30. The van der Waals surface area contributed by atoms with Crippen LogP contribution in [0.5, 0.6) is 0 Å². The molecule has 0 saturated carbocycles. The van der Waals surface area contributed by atoms with E-state index in [1.807, 2.05) is 0 Å². The molecule has 0 spiro atoms. The van der Waals surface area contributed by atoms with Crippen molar-refractivity contribution >= 4 is 28.3 Å². The maximum Gasteiger partial charge on any atom is 0.328 e. The van der Waals surface area contributed by atoms with Gasteiger partial charge in [-0.1, -0.05) is 5.57 Å². The van der Waals surface area contributed by atoms with Gasteiger partial charge in [0.25, 0.3) is 0 Å². The Kier molecular flexibility index (Phi) is 4.86. The molecule has 1 saturated heterocycles. The zero-order valence-electron chi connectivity index (χ0n) is 11.3. The highest BCUT2D eigenvalue weighted by molar-refractivity contribution is 7.15. The second-order valence-electron chi connectivity index (χ2n) is 4.73. The number of hydrogen-bond acceptors (Lipinski definition) is 5. The van der Waals surface area contributed by atoms with Gasteiger partial charge in [0.15, 0.2) is 5.13 Å². The molecule has 7 heteroatoms. The molecule has 0 radical (unpaired) electrons. The van der Waals surface area contributed by atoms with Crippen molar-refractivity contribution in [1.29, 1.82) is 0 Å². The second kappa shape index (κ2) is 6.62. The van der Waals surface area contributed by atoms with Gasteiger partial charge in [0.2, 0.25) is 5.91 Å². The summed E-state index contributed by atoms with van der Waals surface area (Å²) in [5.41, 5.74) is 0.997. The summed E-state index contributed by atoms with van der Waals surface area (Å²) in [5.74, 6) is -0.983. The summed E-state index contributed by atoms with van der Waals surface area (Å²) in [6.07, 6.45) is 4.69. The molecule has 2 N–H and O–H groups in total. The molecule has 1 aliphatic heterocycles. The first kappa shape index (κ1) is 14.7. The molecule has 0 bridgehead atoms. The van der Waals surface area contributed by atoms with Gasteiger partial charge in [-0.05, 0) is 12.8 Å². The number of carbonyl (C=O) groups is 2. The van der Waals surface area contributed by atoms with Crippen LogP contribution in [0.2, 0.25) is 0 Å². The predicted octanol–water partition coefficient (Wildman–Crippen LogP) is 1.71. The molecule has 0 aromatic carbocycles. The molecule has 108 valence electrons. The fraction of sp³-hybridized carbons (Fsp3) is 0.462. The minimum absolute atomic E-state index is 0.118. The first-order valence-electron chi connectivity index (χ1n) is 6.40. The highest BCUT2D eigenvalue weighted by Crippen LogP contribution is 2.23. The van der Waals surface area contributed by atoms with Crippen molar-refractivity contribution < 1.29 is 14.7 Å². The third-order valence-corrected chi connectivity index (χ3v) is 3.94. The largest absolute Gasteiger partial charge is 0.478 e. The lowest BCUT2D eigenvalue weighted by Gasteiger charge is -2.27. The van der Waals surface area contributed by atoms with Crippen molar-refractivity contribution in [3.05, 3.63) is 22.7 Å². The van der Waals surface area contributed by atoms with Gasteiger partial charge in [-0.15, -0.1) is 11.3 Å². The number of hydrogen-bond donors (Lipinski definition) is 2. The predicted molar refractivity (Wildman–Crippen MR) is 76.6 cm³/mol. The van der Waals surface area contributed by atoms with Gasteiger partial charge in [0.05, 0.1) is 0 Å². The molecule has 1 amide bonds. The maximum absolute atomic E-state index is 10.9. The molecule has 0 unspecified atom stereocenters. The zero-order valence-corrected chi connectivity index (χ0v) is 12.1. The van der Waals surface area contributed by atoms with Crippen LogP contribution in [0.25, 0.3) is 0 Å². The van der Waals surface area contributed by atoms with Crippen molar-refractivity contribution in [1.82, 2.24) is 9.88 Å². The van der Waals surface area contributed by atoms with Gasteiger partial charge >= 0.3 is 5.97 Å². The summed E-state index contributed by atoms with van der Waals surface area (Å²) in [6, 6.07) is 0. The quantitative estimate of drug-likeness (QED) is 0.826. The number of carboxylic acid groups (broad SMARTS) is 1. The maximum atomic E-state index is 10.9. The minimum Gasteiger partial charge on any atom is -0.478 e. The Bertz CT molecular complexity index is 529. The number of nitrogens with one attached hydrogen (secondary N) is 1. The summed E-state index contributed by atoms with van der Waals surface area (Å²) >= 11 is 1.47. The number of aliphatic carboxylic acids is 1. The lowest BCUT2D eigenvalue weighted by molar-refractivity contribution is -0.131. The van der Waals surface area contributed by atoms with E-state index in [1.54, 1.807) is 6.20 Å². The van der Waals surface area contributed by atoms with Gasteiger partial charge in [-0.3, -0.25) is 9.69 Å². The SMILES string of the molecule is CC(=O)Nc1ncc(CN2CCC(=CC(=O)O)CC2)s1. The number of likely N-dealkylation sites (tertiary alicyclic amines) is 1. The molecule has 1 aromatic rings. The van der Waals surface area contributed by atoms with Crippen LogP contribution in [0.3, 0.4) is 0 Å². The highest BCUT2D eigenvalue weighted by Gasteiger charge is 2.16. The Balaban J connectivity index is 1.85. The van der Waals surface area contributed by atoms with E-state index in [2.05, 4.69) is 15.2 Å². The second-order valence-corrected chi connectivity index (χ2v) is 5.85. The number of aromatic nitrogens is 1. The molecule has 1 aliphatic rings. The van der Waals surface area contributed by atoms with Gasteiger partial charge in [0, 0.05) is 43.7 Å². The van der Waals surface area contributed by atoms with Crippen LogP contribution in [0.4, 0.5) is 5.13 Å². The molecule has 20 heavy (non-hydrogen) atoms. The third-order valence-electron chi connectivity index (χ3n) is 3.04. The molecule has 2 rings (SSSR count). The average molecular weight is 295 g/mol. The Morgan fingerprint density at radius 2 is 2.20 bits per heavy atom. The van der Waals surface area contributed by atoms with Crippen LogP contribution in [-0.2, 0) is 16.1 Å². The number of piperidine rings is 1. The minimum atomic E-state index is -0.865. The van der Waals surface area contributed by atoms with Crippen LogP contribution in [0, 0.1) is 0 Å². The van der Waals surface area contributed by atoms with E-state index in [9.17, 15) is 9.59 Å². The number of rotatable bonds is 4. The Morgan fingerprint density at radius 3 is 2.80 bits per heavy atom. The van der Waals surface area contributed by atoms with Crippen LogP contribution >= 0.6 is 11.3 Å². The number of anilines is 1. The first-order chi connectivity index (χ1) is 9.52. The smallest absolute Gasteiger partial charge is 0.328 e. The van der Waals surface area contributed by atoms with E-state index < -0.39 is 5.97 Å². The zero-order chi connectivity index (χ0) is 14.5. The average Bonchev–Trinajstić information content (AvgIpc) is 2.77. The van der Waals surface area contributed by atoms with Crippen molar-refractivity contribution in [2.45, 2.75) is 26.3 Å².